The Morgan fingerprint density at radius 1 is 1.36 bits per heavy atom. The van der Waals surface area contributed by atoms with Gasteiger partial charge in [0.25, 0.3) is 0 Å². The van der Waals surface area contributed by atoms with Crippen molar-refractivity contribution in [2.24, 2.45) is 0 Å². The molecule has 14 heavy (non-hydrogen) atoms. The third kappa shape index (κ3) is 3.86. The van der Waals surface area contributed by atoms with Crippen molar-refractivity contribution in [2.75, 3.05) is 13.1 Å². The molecule has 1 rings (SSSR count). The number of piperidine rings is 1. The molecular formula is C10H17NOSe2. The van der Waals surface area contributed by atoms with Crippen molar-refractivity contribution in [1.29, 1.82) is 0 Å². The summed E-state index contributed by atoms with van der Waals surface area (Å²) in [7, 11) is 0. The Morgan fingerprint density at radius 2 is 1.93 bits per heavy atom. The summed E-state index contributed by atoms with van der Waals surface area (Å²) in [4.78, 5) is 13.8. The van der Waals surface area contributed by atoms with Crippen LogP contribution in [-0.4, -0.2) is 57.7 Å². The van der Waals surface area contributed by atoms with Gasteiger partial charge in [-0.2, -0.15) is 0 Å². The number of rotatable bonds is 4. The summed E-state index contributed by atoms with van der Waals surface area (Å²) >= 11 is 3.46. The van der Waals surface area contributed by atoms with Crippen LogP contribution < -0.4 is 0 Å². The molecule has 0 N–H and O–H groups in total. The van der Waals surface area contributed by atoms with Gasteiger partial charge < -0.3 is 0 Å². The minimum atomic E-state index is 0.223. The average Bonchev–Trinajstić information content (AvgIpc) is 2.19. The molecule has 0 radical (unpaired) electrons. The van der Waals surface area contributed by atoms with Crippen molar-refractivity contribution >= 4 is 39.8 Å². The van der Waals surface area contributed by atoms with Crippen LogP contribution in [0.3, 0.4) is 0 Å². The molecule has 0 amide bonds. The molecule has 0 aromatic carbocycles. The van der Waals surface area contributed by atoms with E-state index in [4.69, 9.17) is 0 Å². The monoisotopic (exact) mass is 328 g/mol. The SMILES string of the molecule is CC(=O)C(C)[Se][13C](=[Se])N1CCCCC1. The van der Waals surface area contributed by atoms with Crippen LogP contribution in [0.2, 0.25) is 4.82 Å². The van der Waals surface area contributed by atoms with Crippen molar-refractivity contribution in [3.63, 3.8) is 0 Å². The average molecular weight is 326 g/mol. The Balaban J connectivity index is 2.36. The van der Waals surface area contributed by atoms with Gasteiger partial charge in [-0.1, -0.05) is 0 Å². The quantitative estimate of drug-likeness (QED) is 0.563. The Kier molecular flexibility index (Phi) is 5.40. The van der Waals surface area contributed by atoms with Crippen LogP contribution in [-0.2, 0) is 4.79 Å². The molecule has 0 spiro atoms. The summed E-state index contributed by atoms with van der Waals surface area (Å²) in [5.41, 5.74) is 0. The fraction of sp³-hybridized carbons (Fsp3) is 0.800. The van der Waals surface area contributed by atoms with Crippen LogP contribution in [0.1, 0.15) is 33.1 Å². The molecule has 1 fully saturated rings. The van der Waals surface area contributed by atoms with Crippen molar-refractivity contribution in [1.82, 2.24) is 4.90 Å². The third-order valence-electron chi connectivity index (χ3n) is 2.46. The number of hydrogen-bond acceptors (Lipinski definition) is 2. The first kappa shape index (κ1) is 12.4. The molecule has 0 aromatic heterocycles. The second-order valence-corrected chi connectivity index (χ2v) is 8.60. The fourth-order valence-corrected chi connectivity index (χ4v) is 5.02. The molecule has 1 atom stereocenters. The van der Waals surface area contributed by atoms with E-state index in [1.807, 2.05) is 6.92 Å². The van der Waals surface area contributed by atoms with Gasteiger partial charge in [0.05, 0.1) is 0 Å². The van der Waals surface area contributed by atoms with Crippen LogP contribution in [0.15, 0.2) is 0 Å². The molecule has 1 aliphatic rings. The van der Waals surface area contributed by atoms with E-state index in [0.29, 0.717) is 20.7 Å². The first-order valence-electron chi connectivity index (χ1n) is 5.07. The fourth-order valence-electron chi connectivity index (χ4n) is 1.39. The van der Waals surface area contributed by atoms with Gasteiger partial charge in [0.15, 0.2) is 0 Å². The summed E-state index contributed by atoms with van der Waals surface area (Å²) in [5, 5.41) is 0. The number of hydrogen-bond donors (Lipinski definition) is 0. The Hall–Kier alpha value is 0.379. The molecule has 1 saturated heterocycles. The Bertz CT molecular complexity index is 224. The predicted octanol–water partition coefficient (Wildman–Crippen LogP) is 0.830. The van der Waals surface area contributed by atoms with E-state index >= 15 is 0 Å². The topological polar surface area (TPSA) is 20.3 Å². The van der Waals surface area contributed by atoms with E-state index in [0.717, 1.165) is 0 Å². The molecule has 0 aliphatic carbocycles. The summed E-state index contributed by atoms with van der Waals surface area (Å²) in [5.74, 6) is 0.315. The summed E-state index contributed by atoms with van der Waals surface area (Å²) in [6, 6.07) is 0. The van der Waals surface area contributed by atoms with E-state index in [9.17, 15) is 4.79 Å². The predicted molar refractivity (Wildman–Crippen MR) is 62.0 cm³/mol. The number of Topliss-reactive ketones (excluding diaryl/α,β-unsaturated/α-hetero) is 1. The van der Waals surface area contributed by atoms with Gasteiger partial charge in [-0.25, -0.2) is 0 Å². The second kappa shape index (κ2) is 6.07. The van der Waals surface area contributed by atoms with Crippen LogP contribution in [0.4, 0.5) is 0 Å². The van der Waals surface area contributed by atoms with E-state index in [1.54, 1.807) is 6.92 Å². The zero-order chi connectivity index (χ0) is 10.6. The molecule has 1 aliphatic heterocycles. The van der Waals surface area contributed by atoms with E-state index in [-0.39, 0.29) is 4.82 Å². The second-order valence-electron chi connectivity index (χ2n) is 3.68. The zero-order valence-corrected chi connectivity index (χ0v) is 12.2. The molecule has 0 saturated carbocycles. The van der Waals surface area contributed by atoms with Crippen LogP contribution in [0, 0.1) is 0 Å². The third-order valence-corrected chi connectivity index (χ3v) is 6.46. The van der Waals surface area contributed by atoms with Gasteiger partial charge in [-0.15, -0.1) is 0 Å². The van der Waals surface area contributed by atoms with Crippen molar-refractivity contribution in [3.8, 4) is 0 Å². The number of carbonyl (C=O) groups excluding carboxylic acids is 1. The maximum atomic E-state index is 11.1. The van der Waals surface area contributed by atoms with E-state index < -0.39 is 0 Å². The molecule has 4 heteroatoms. The van der Waals surface area contributed by atoms with E-state index in [2.05, 4.69) is 20.5 Å². The van der Waals surface area contributed by atoms with Gasteiger partial charge >= 0.3 is 100 Å². The Morgan fingerprint density at radius 3 is 2.43 bits per heavy atom. The van der Waals surface area contributed by atoms with Crippen LogP contribution >= 0.6 is 0 Å². The maximum absolute atomic E-state index is 11.1. The van der Waals surface area contributed by atoms with Gasteiger partial charge in [0.2, 0.25) is 0 Å². The van der Waals surface area contributed by atoms with Crippen LogP contribution in [0.5, 0.6) is 0 Å². The zero-order valence-electron chi connectivity index (χ0n) is 8.78. The number of nitrogens with zero attached hydrogens (tertiary/aromatic N) is 1. The minimum absolute atomic E-state index is 0.223. The molecular weight excluding hydrogens is 309 g/mol. The van der Waals surface area contributed by atoms with Gasteiger partial charge in [-0.3, -0.25) is 0 Å². The Labute approximate surface area is 100 Å². The van der Waals surface area contributed by atoms with Gasteiger partial charge in [0.1, 0.15) is 0 Å². The summed E-state index contributed by atoms with van der Waals surface area (Å²) in [6.45, 7) is 6.07. The standard InChI is InChI=1S/C10H17NOSe2/c1-8(12)9(2)14-10(13)11-6-4-3-5-7-11/h9H,3-7H2,1-2H3/i10+1. The normalized spacial score (nSPS) is 19.1. The van der Waals surface area contributed by atoms with Crippen molar-refractivity contribution < 1.29 is 4.79 Å². The molecule has 2 nitrogen and oxygen atoms in total. The summed E-state index contributed by atoms with van der Waals surface area (Å²) < 4.78 is 1.33. The van der Waals surface area contributed by atoms with Gasteiger partial charge in [-0.05, 0) is 0 Å². The number of likely N-dealkylation sites (tertiary alicyclic amines) is 1. The first-order valence-corrected chi connectivity index (χ1v) is 7.77. The van der Waals surface area contributed by atoms with Crippen molar-refractivity contribution in [2.45, 2.75) is 37.9 Å². The van der Waals surface area contributed by atoms with E-state index in [1.165, 1.54) is 35.8 Å². The molecule has 0 aromatic rings. The number of carbonyl (C=O) groups is 1. The molecule has 1 heterocycles. The van der Waals surface area contributed by atoms with Crippen molar-refractivity contribution in [3.05, 3.63) is 0 Å². The molecule has 0 bridgehead atoms. The van der Waals surface area contributed by atoms with Gasteiger partial charge in [0, 0.05) is 0 Å². The molecule has 80 valence electrons. The first-order chi connectivity index (χ1) is 6.61. The molecule has 1 unspecified atom stereocenters. The summed E-state index contributed by atoms with van der Waals surface area (Å²) in [6.07, 6.45) is 3.96. The number of ketones is 1. The van der Waals surface area contributed by atoms with Crippen LogP contribution in [0.25, 0.3) is 0 Å².